The molecule has 4 heterocycles. The van der Waals surface area contributed by atoms with Gasteiger partial charge in [-0.1, -0.05) is 32.0 Å². The molecule has 0 aliphatic carbocycles. The quantitative estimate of drug-likeness (QED) is 0.608. The number of sulfonamides is 1. The van der Waals surface area contributed by atoms with Crippen LogP contribution in [0.2, 0.25) is 0 Å². The van der Waals surface area contributed by atoms with E-state index in [1.165, 1.54) is 0 Å². The first-order valence-corrected chi connectivity index (χ1v) is 14.2. The van der Waals surface area contributed by atoms with E-state index in [1.807, 2.05) is 36.4 Å². The van der Waals surface area contributed by atoms with Gasteiger partial charge in [0.25, 0.3) is 5.79 Å². The second-order valence-electron chi connectivity index (χ2n) is 10.8. The standard InChI is InChI=1S/C27H33N3O5S/c1-26(2)18-28-25-27(34-14-7-15-35-27)23-16-22(11-12-24(23)29(25)19-26)36(31,32)30-13-6-8-20(30)17-33-21-9-4-3-5-10-21/h3-5,9-12,16,20H,6-8,13-15,17-19H2,1-2H3/t20-/m0/s1. The molecule has 36 heavy (non-hydrogen) atoms. The van der Waals surface area contributed by atoms with Gasteiger partial charge in [0, 0.05) is 30.6 Å². The third kappa shape index (κ3) is 3.93. The number of fused-ring (bicyclic) bond motifs is 5. The molecular formula is C27H33N3O5S. The van der Waals surface area contributed by atoms with Crippen molar-refractivity contribution in [1.29, 1.82) is 0 Å². The molecule has 0 aromatic heterocycles. The molecule has 192 valence electrons. The molecule has 9 heteroatoms. The summed E-state index contributed by atoms with van der Waals surface area (Å²) in [6.07, 6.45) is 2.38. The summed E-state index contributed by atoms with van der Waals surface area (Å²) in [6.45, 7) is 7.69. The maximum absolute atomic E-state index is 13.9. The van der Waals surface area contributed by atoms with Crippen LogP contribution in [0.3, 0.4) is 0 Å². The van der Waals surface area contributed by atoms with Crippen LogP contribution in [0, 0.1) is 5.41 Å². The maximum atomic E-state index is 13.9. The fourth-order valence-corrected chi connectivity index (χ4v) is 7.36. The van der Waals surface area contributed by atoms with Crippen molar-refractivity contribution in [3.8, 4) is 5.75 Å². The molecule has 6 rings (SSSR count). The zero-order valence-corrected chi connectivity index (χ0v) is 21.7. The Morgan fingerprint density at radius 3 is 2.64 bits per heavy atom. The van der Waals surface area contributed by atoms with Gasteiger partial charge < -0.3 is 19.1 Å². The number of para-hydroxylation sites is 1. The van der Waals surface area contributed by atoms with Crippen molar-refractivity contribution in [2.45, 2.75) is 49.8 Å². The molecule has 2 saturated heterocycles. The van der Waals surface area contributed by atoms with Gasteiger partial charge in [-0.2, -0.15) is 4.31 Å². The third-order valence-electron chi connectivity index (χ3n) is 7.42. The number of aliphatic imine (C=N–C) groups is 1. The van der Waals surface area contributed by atoms with Crippen LogP contribution in [0.25, 0.3) is 0 Å². The molecule has 0 unspecified atom stereocenters. The number of rotatable bonds is 5. The van der Waals surface area contributed by atoms with Crippen LogP contribution in [0.1, 0.15) is 38.7 Å². The zero-order valence-electron chi connectivity index (χ0n) is 20.9. The van der Waals surface area contributed by atoms with E-state index < -0.39 is 15.8 Å². The maximum Gasteiger partial charge on any atom is 0.257 e. The second kappa shape index (κ2) is 8.83. The number of hydrogen-bond donors (Lipinski definition) is 0. The average molecular weight is 512 g/mol. The average Bonchev–Trinajstić information content (AvgIpc) is 3.45. The van der Waals surface area contributed by atoms with Gasteiger partial charge in [-0.25, -0.2) is 8.42 Å². The number of nitrogens with zero attached hydrogens (tertiary/aromatic N) is 3. The lowest BCUT2D eigenvalue weighted by atomic mass is 9.91. The molecule has 2 aromatic carbocycles. The van der Waals surface area contributed by atoms with Crippen LogP contribution >= 0.6 is 0 Å². The highest BCUT2D eigenvalue weighted by atomic mass is 32.2. The predicted molar refractivity (Wildman–Crippen MR) is 137 cm³/mol. The lowest BCUT2D eigenvalue weighted by molar-refractivity contribution is -0.228. The monoisotopic (exact) mass is 511 g/mol. The molecule has 1 atom stereocenters. The van der Waals surface area contributed by atoms with Crippen molar-refractivity contribution in [2.75, 3.05) is 44.4 Å². The van der Waals surface area contributed by atoms with E-state index in [9.17, 15) is 8.42 Å². The number of hydrogen-bond acceptors (Lipinski definition) is 7. The van der Waals surface area contributed by atoms with Crippen molar-refractivity contribution < 1.29 is 22.6 Å². The Hall–Kier alpha value is -2.46. The van der Waals surface area contributed by atoms with Crippen molar-refractivity contribution >= 4 is 21.5 Å². The van der Waals surface area contributed by atoms with Crippen molar-refractivity contribution in [2.24, 2.45) is 10.4 Å². The lowest BCUT2D eigenvalue weighted by Crippen LogP contribution is -2.52. The van der Waals surface area contributed by atoms with Gasteiger partial charge in [0.15, 0.2) is 5.84 Å². The first-order chi connectivity index (χ1) is 17.3. The summed E-state index contributed by atoms with van der Waals surface area (Å²) in [7, 11) is -3.74. The minimum atomic E-state index is -3.74. The summed E-state index contributed by atoms with van der Waals surface area (Å²) in [6, 6.07) is 14.7. The molecule has 0 radical (unpaired) electrons. The molecule has 2 fully saturated rings. The Morgan fingerprint density at radius 2 is 1.86 bits per heavy atom. The van der Waals surface area contributed by atoms with Crippen LogP contribution in [0.5, 0.6) is 5.75 Å². The summed E-state index contributed by atoms with van der Waals surface area (Å²) in [4.78, 5) is 7.29. The van der Waals surface area contributed by atoms with Gasteiger partial charge >= 0.3 is 0 Å². The van der Waals surface area contributed by atoms with Gasteiger partial charge in [0.2, 0.25) is 10.0 Å². The van der Waals surface area contributed by atoms with Gasteiger partial charge in [0.1, 0.15) is 12.4 Å². The Morgan fingerprint density at radius 1 is 1.08 bits per heavy atom. The number of anilines is 1. The highest BCUT2D eigenvalue weighted by molar-refractivity contribution is 7.89. The molecule has 0 amide bonds. The normalized spacial score (nSPS) is 24.9. The molecule has 0 N–H and O–H groups in total. The summed E-state index contributed by atoms with van der Waals surface area (Å²) in [5, 5.41) is 0. The predicted octanol–water partition coefficient (Wildman–Crippen LogP) is 3.77. The molecule has 0 saturated carbocycles. The van der Waals surface area contributed by atoms with Crippen molar-refractivity contribution in [1.82, 2.24) is 4.31 Å². The van der Waals surface area contributed by atoms with E-state index in [0.717, 1.165) is 48.6 Å². The minimum absolute atomic E-state index is 0.00671. The molecule has 0 bridgehead atoms. The molecule has 4 aliphatic heterocycles. The number of amidine groups is 1. The smallest absolute Gasteiger partial charge is 0.257 e. The molecular weight excluding hydrogens is 478 g/mol. The number of ether oxygens (including phenoxy) is 3. The fraction of sp³-hybridized carbons (Fsp3) is 0.519. The van der Waals surface area contributed by atoms with Crippen molar-refractivity contribution in [3.05, 3.63) is 54.1 Å². The fourth-order valence-electron chi connectivity index (χ4n) is 5.66. The lowest BCUT2D eigenvalue weighted by Gasteiger charge is -2.40. The molecule has 8 nitrogen and oxygen atoms in total. The van der Waals surface area contributed by atoms with Crippen LogP contribution < -0.4 is 9.64 Å². The largest absolute Gasteiger partial charge is 0.492 e. The topological polar surface area (TPSA) is 80.7 Å². The first kappa shape index (κ1) is 23.9. The van der Waals surface area contributed by atoms with E-state index in [0.29, 0.717) is 32.9 Å². The first-order valence-electron chi connectivity index (χ1n) is 12.7. The molecule has 4 aliphatic rings. The summed E-state index contributed by atoms with van der Waals surface area (Å²) in [5.74, 6) is 0.339. The molecule has 1 spiro atoms. The van der Waals surface area contributed by atoms with E-state index in [-0.39, 0.29) is 16.4 Å². The van der Waals surface area contributed by atoms with Crippen molar-refractivity contribution in [3.63, 3.8) is 0 Å². The van der Waals surface area contributed by atoms with Gasteiger partial charge in [-0.15, -0.1) is 0 Å². The minimum Gasteiger partial charge on any atom is -0.492 e. The Bertz CT molecular complexity index is 1270. The summed E-state index contributed by atoms with van der Waals surface area (Å²) < 4.78 is 47.8. The summed E-state index contributed by atoms with van der Waals surface area (Å²) in [5.41, 5.74) is 1.64. The van der Waals surface area contributed by atoms with E-state index in [1.54, 1.807) is 16.4 Å². The second-order valence-corrected chi connectivity index (χ2v) is 12.7. The van der Waals surface area contributed by atoms with Crippen LogP contribution in [0.4, 0.5) is 5.69 Å². The van der Waals surface area contributed by atoms with E-state index in [4.69, 9.17) is 19.2 Å². The van der Waals surface area contributed by atoms with Gasteiger partial charge in [-0.3, -0.25) is 4.99 Å². The summed E-state index contributed by atoms with van der Waals surface area (Å²) >= 11 is 0. The van der Waals surface area contributed by atoms with Gasteiger partial charge in [0.05, 0.1) is 29.8 Å². The Kier molecular flexibility index (Phi) is 5.87. The zero-order chi connectivity index (χ0) is 25.0. The van der Waals surface area contributed by atoms with E-state index in [2.05, 4.69) is 18.7 Å². The Labute approximate surface area is 212 Å². The van der Waals surface area contributed by atoms with E-state index >= 15 is 0 Å². The SMILES string of the molecule is CC1(C)CN=C2N(C1)c1ccc(S(=O)(=O)N3CCC[C@H]3COc3ccccc3)cc1C21OCCCO1. The number of benzene rings is 2. The Balaban J connectivity index is 1.33. The highest BCUT2D eigenvalue weighted by Crippen LogP contribution is 2.49. The van der Waals surface area contributed by atoms with Gasteiger partial charge in [-0.05, 0) is 49.6 Å². The third-order valence-corrected chi connectivity index (χ3v) is 9.37. The highest BCUT2D eigenvalue weighted by Gasteiger charge is 2.55. The molecule has 2 aromatic rings. The van der Waals surface area contributed by atoms with Crippen LogP contribution in [0.15, 0.2) is 58.4 Å². The van der Waals surface area contributed by atoms with Crippen LogP contribution in [-0.2, 0) is 25.3 Å². The van der Waals surface area contributed by atoms with Crippen LogP contribution in [-0.4, -0.2) is 64.1 Å².